The zero-order valence-corrected chi connectivity index (χ0v) is 24.5. The molecule has 0 amide bonds. The first-order chi connectivity index (χ1) is 18.5. The molecule has 2 aliphatic rings. The van der Waals surface area contributed by atoms with Crippen LogP contribution in [0.25, 0.3) is 22.3 Å². The van der Waals surface area contributed by atoms with E-state index in [4.69, 9.17) is 15.2 Å². The molecule has 0 saturated carbocycles. The number of benzene rings is 2. The highest BCUT2D eigenvalue weighted by molar-refractivity contribution is 5.75. The molecule has 0 saturated heterocycles. The quantitative estimate of drug-likeness (QED) is 0.238. The molecule has 38 heavy (non-hydrogen) atoms. The Kier molecular flexibility index (Phi) is 11.8. The average Bonchev–Trinajstić information content (AvgIpc) is 2.96. The molecule has 0 spiro atoms. The molecule has 5 nitrogen and oxygen atoms in total. The van der Waals surface area contributed by atoms with Crippen LogP contribution in [0.3, 0.4) is 0 Å². The summed E-state index contributed by atoms with van der Waals surface area (Å²) in [5, 5.41) is 0. The largest absolute Gasteiger partial charge is 0.487 e. The Hall–Kier alpha value is -3.86. The molecule has 0 fully saturated rings. The van der Waals surface area contributed by atoms with Crippen molar-refractivity contribution in [2.45, 2.75) is 75.5 Å². The maximum atomic E-state index is 5.75. The van der Waals surface area contributed by atoms with Gasteiger partial charge in [0.05, 0.1) is 5.69 Å². The lowest BCUT2D eigenvalue weighted by Crippen LogP contribution is -2.08. The van der Waals surface area contributed by atoms with Crippen molar-refractivity contribution in [3.8, 4) is 33.9 Å². The lowest BCUT2D eigenvalue weighted by molar-refractivity contribution is 0.289. The predicted molar refractivity (Wildman–Crippen MR) is 161 cm³/mol. The number of aryl methyl sites for hydroxylation is 3. The van der Waals surface area contributed by atoms with Crippen molar-refractivity contribution in [3.05, 3.63) is 88.9 Å². The highest BCUT2D eigenvalue weighted by atomic mass is 16.5. The molecule has 2 aliphatic heterocycles. The summed E-state index contributed by atoms with van der Waals surface area (Å²) in [4.78, 5) is 8.89. The molecule has 0 aliphatic carbocycles. The molecule has 2 aromatic heterocycles. The SMILES string of the molecule is CC.CC.CC.Cc1ccc2c(c1)OCc1nc(C)ccc1-2.Cc1ccc2c(n1)OCc1cc(N)ccc1-2. The summed E-state index contributed by atoms with van der Waals surface area (Å²) in [7, 11) is 0. The van der Waals surface area contributed by atoms with E-state index in [9.17, 15) is 0 Å². The maximum Gasteiger partial charge on any atom is 0.221 e. The molecule has 202 valence electrons. The molecule has 0 atom stereocenters. The van der Waals surface area contributed by atoms with Gasteiger partial charge in [-0.15, -0.1) is 0 Å². The molecule has 2 N–H and O–H groups in total. The van der Waals surface area contributed by atoms with E-state index in [0.717, 1.165) is 51.1 Å². The lowest BCUT2D eigenvalue weighted by Gasteiger charge is -2.20. The molecule has 5 heteroatoms. The maximum absolute atomic E-state index is 5.75. The molecule has 6 rings (SSSR count). The Morgan fingerprint density at radius 1 is 0.605 bits per heavy atom. The molecule has 0 unspecified atom stereocenters. The average molecular weight is 514 g/mol. The normalized spacial score (nSPS) is 11.1. The van der Waals surface area contributed by atoms with Gasteiger partial charge in [-0.25, -0.2) is 4.98 Å². The minimum Gasteiger partial charge on any atom is -0.487 e. The van der Waals surface area contributed by atoms with Gasteiger partial charge in [-0.1, -0.05) is 65.8 Å². The summed E-state index contributed by atoms with van der Waals surface area (Å²) in [6, 6.07) is 20.4. The van der Waals surface area contributed by atoms with Gasteiger partial charge in [0.1, 0.15) is 19.0 Å². The number of ether oxygens (including phenoxy) is 2. The van der Waals surface area contributed by atoms with Crippen molar-refractivity contribution >= 4 is 5.69 Å². The fraction of sp³-hybridized carbons (Fsp3) is 0.333. The van der Waals surface area contributed by atoms with Crippen LogP contribution in [0.2, 0.25) is 0 Å². The second-order valence-corrected chi connectivity index (χ2v) is 8.25. The lowest BCUT2D eigenvalue weighted by atomic mass is 9.98. The monoisotopic (exact) mass is 513 g/mol. The molecule has 2 aromatic carbocycles. The van der Waals surface area contributed by atoms with Gasteiger partial charge in [0.15, 0.2) is 0 Å². The van der Waals surface area contributed by atoms with E-state index in [2.05, 4.69) is 41.2 Å². The summed E-state index contributed by atoms with van der Waals surface area (Å²) in [5.74, 6) is 1.69. The van der Waals surface area contributed by atoms with Gasteiger partial charge in [0.25, 0.3) is 0 Å². The third-order valence-corrected chi connectivity index (χ3v) is 5.69. The molecular weight excluding hydrogens is 470 g/mol. The van der Waals surface area contributed by atoms with E-state index < -0.39 is 0 Å². The highest BCUT2D eigenvalue weighted by Gasteiger charge is 2.19. The van der Waals surface area contributed by atoms with Crippen molar-refractivity contribution in [2.24, 2.45) is 0 Å². The van der Waals surface area contributed by atoms with E-state index in [1.807, 2.05) is 91.8 Å². The van der Waals surface area contributed by atoms with Crippen LogP contribution in [-0.2, 0) is 13.2 Å². The Morgan fingerprint density at radius 2 is 1.21 bits per heavy atom. The number of pyridine rings is 2. The Morgan fingerprint density at radius 3 is 1.92 bits per heavy atom. The fourth-order valence-corrected chi connectivity index (χ4v) is 4.07. The van der Waals surface area contributed by atoms with Gasteiger partial charge in [0.2, 0.25) is 5.88 Å². The molecule has 0 bridgehead atoms. The predicted octanol–water partition coefficient (Wildman–Crippen LogP) is 8.87. The summed E-state index contributed by atoms with van der Waals surface area (Å²) < 4.78 is 11.3. The fourth-order valence-electron chi connectivity index (χ4n) is 4.07. The number of hydrogen-bond acceptors (Lipinski definition) is 5. The van der Waals surface area contributed by atoms with Crippen molar-refractivity contribution < 1.29 is 9.47 Å². The van der Waals surface area contributed by atoms with Gasteiger partial charge in [0, 0.05) is 33.8 Å². The van der Waals surface area contributed by atoms with Crippen LogP contribution >= 0.6 is 0 Å². The van der Waals surface area contributed by atoms with E-state index in [-0.39, 0.29) is 0 Å². The molecule has 4 aromatic rings. The Bertz CT molecular complexity index is 1130. The second kappa shape index (κ2) is 14.8. The Labute approximate surface area is 229 Å². The smallest absolute Gasteiger partial charge is 0.221 e. The number of nitrogens with two attached hydrogens (primary N) is 1. The van der Waals surface area contributed by atoms with E-state index >= 15 is 0 Å². The highest BCUT2D eigenvalue weighted by Crippen LogP contribution is 2.38. The van der Waals surface area contributed by atoms with Crippen LogP contribution in [0.4, 0.5) is 5.69 Å². The molecular formula is C33H43N3O2. The number of aromatic nitrogens is 2. The van der Waals surface area contributed by atoms with Crippen LogP contribution < -0.4 is 15.2 Å². The topological polar surface area (TPSA) is 70.3 Å². The number of fused-ring (bicyclic) bond motifs is 6. The van der Waals surface area contributed by atoms with E-state index in [0.29, 0.717) is 13.2 Å². The van der Waals surface area contributed by atoms with Gasteiger partial charge in [-0.3, -0.25) is 4.98 Å². The van der Waals surface area contributed by atoms with Crippen molar-refractivity contribution in [1.82, 2.24) is 9.97 Å². The van der Waals surface area contributed by atoms with Crippen LogP contribution in [0.15, 0.2) is 60.7 Å². The summed E-state index contributed by atoms with van der Waals surface area (Å²) in [6.45, 7) is 19.2. The van der Waals surface area contributed by atoms with Crippen molar-refractivity contribution in [1.29, 1.82) is 0 Å². The summed E-state index contributed by atoms with van der Waals surface area (Å²) >= 11 is 0. The van der Waals surface area contributed by atoms with Gasteiger partial charge in [-0.05, 0) is 73.9 Å². The van der Waals surface area contributed by atoms with Crippen LogP contribution in [-0.4, -0.2) is 9.97 Å². The zero-order valence-electron chi connectivity index (χ0n) is 24.5. The first-order valence-electron chi connectivity index (χ1n) is 13.7. The third-order valence-electron chi connectivity index (χ3n) is 5.69. The first kappa shape index (κ1) is 30.4. The van der Waals surface area contributed by atoms with Gasteiger partial charge in [-0.2, -0.15) is 0 Å². The van der Waals surface area contributed by atoms with E-state index in [1.54, 1.807) is 0 Å². The summed E-state index contributed by atoms with van der Waals surface area (Å²) in [6.07, 6.45) is 0. The number of rotatable bonds is 0. The van der Waals surface area contributed by atoms with Crippen LogP contribution in [0, 0.1) is 20.8 Å². The van der Waals surface area contributed by atoms with Crippen LogP contribution in [0.1, 0.15) is 69.8 Å². The summed E-state index contributed by atoms with van der Waals surface area (Å²) in [5.41, 5.74) is 16.5. The van der Waals surface area contributed by atoms with Gasteiger partial charge >= 0.3 is 0 Å². The van der Waals surface area contributed by atoms with Gasteiger partial charge < -0.3 is 15.2 Å². The zero-order chi connectivity index (χ0) is 28.2. The molecule has 4 heterocycles. The number of nitrogen functional groups attached to an aromatic ring is 1. The third kappa shape index (κ3) is 7.12. The number of nitrogens with zero attached hydrogens (tertiary/aromatic N) is 2. The minimum absolute atomic E-state index is 0.545. The first-order valence-corrected chi connectivity index (χ1v) is 13.7. The number of hydrogen-bond donors (Lipinski definition) is 1. The second-order valence-electron chi connectivity index (χ2n) is 8.25. The molecule has 0 radical (unpaired) electrons. The van der Waals surface area contributed by atoms with Crippen LogP contribution in [0.5, 0.6) is 11.6 Å². The Balaban J connectivity index is 0.000000224. The van der Waals surface area contributed by atoms with Crippen molar-refractivity contribution in [2.75, 3.05) is 5.73 Å². The van der Waals surface area contributed by atoms with E-state index in [1.165, 1.54) is 16.7 Å². The number of anilines is 1. The standard InChI is InChI=1S/C14H13NO.C13H12N2O.3C2H6/c1-9-3-5-12-11-6-4-10(2)15-13(11)8-16-14(12)7-9;1-8-2-4-12-11-5-3-10(14)6-9(11)7-16-13(12)15-8;3*1-2/h3-7H,8H2,1-2H3;2-6H,7,14H2,1H3;3*1-2H3. The van der Waals surface area contributed by atoms with Crippen molar-refractivity contribution in [3.63, 3.8) is 0 Å². The minimum atomic E-state index is 0.545.